The number of hydrogen-bond acceptors (Lipinski definition) is 9. The smallest absolute Gasteiger partial charge is 0.224 e. The Morgan fingerprint density at radius 3 is 2.21 bits per heavy atom. The molecule has 0 aliphatic rings. The van der Waals surface area contributed by atoms with Gasteiger partial charge in [0.2, 0.25) is 11.7 Å². The summed E-state index contributed by atoms with van der Waals surface area (Å²) in [7, 11) is 4.68. The molecule has 3 rings (SSSR count). The molecule has 0 radical (unpaired) electrons. The normalized spacial score (nSPS) is 10.8. The number of aromatic nitrogens is 4. The second-order valence-corrected chi connectivity index (χ2v) is 5.73. The quantitative estimate of drug-likeness (QED) is 0.629. The second-order valence-electron chi connectivity index (χ2n) is 4.67. The third-order valence-corrected chi connectivity index (χ3v) is 4.09. The van der Waals surface area contributed by atoms with Gasteiger partial charge in [-0.05, 0) is 12.1 Å². The predicted octanol–water partition coefficient (Wildman–Crippen LogP) is 1.69. The summed E-state index contributed by atoms with van der Waals surface area (Å²) in [5.41, 5.74) is 12.4. The zero-order valence-corrected chi connectivity index (χ0v) is 14.1. The van der Waals surface area contributed by atoms with Crippen molar-refractivity contribution in [2.45, 2.75) is 10.1 Å². The monoisotopic (exact) mass is 348 g/mol. The Kier molecular flexibility index (Phi) is 4.21. The molecule has 0 amide bonds. The summed E-state index contributed by atoms with van der Waals surface area (Å²) in [6.45, 7) is 0. The highest BCUT2D eigenvalue weighted by molar-refractivity contribution is 7.99. The van der Waals surface area contributed by atoms with Crippen molar-refractivity contribution >= 4 is 34.7 Å². The van der Waals surface area contributed by atoms with Crippen LogP contribution in [0.2, 0.25) is 0 Å². The van der Waals surface area contributed by atoms with Gasteiger partial charge in [0.05, 0.1) is 21.3 Å². The number of aromatic amines is 1. The summed E-state index contributed by atoms with van der Waals surface area (Å²) in [6.07, 6.45) is 0. The molecule has 24 heavy (non-hydrogen) atoms. The van der Waals surface area contributed by atoms with Gasteiger partial charge in [-0.25, -0.2) is 4.98 Å². The molecule has 10 heteroatoms. The van der Waals surface area contributed by atoms with Crippen molar-refractivity contribution in [1.82, 2.24) is 19.9 Å². The van der Waals surface area contributed by atoms with Gasteiger partial charge in [0.25, 0.3) is 0 Å². The Morgan fingerprint density at radius 1 is 0.958 bits per heavy atom. The number of methoxy groups -OCH3 is 3. The van der Waals surface area contributed by atoms with Gasteiger partial charge in [0.15, 0.2) is 28.1 Å². The molecule has 0 unspecified atom stereocenters. The lowest BCUT2D eigenvalue weighted by atomic mass is 10.3. The van der Waals surface area contributed by atoms with Gasteiger partial charge in [-0.1, -0.05) is 11.8 Å². The van der Waals surface area contributed by atoms with Gasteiger partial charge in [-0.15, -0.1) is 0 Å². The van der Waals surface area contributed by atoms with Crippen LogP contribution in [-0.4, -0.2) is 41.3 Å². The third-order valence-electron chi connectivity index (χ3n) is 3.23. The van der Waals surface area contributed by atoms with E-state index >= 15 is 0 Å². The van der Waals surface area contributed by atoms with E-state index in [2.05, 4.69) is 19.9 Å². The number of nitrogens with one attached hydrogen (secondary N) is 1. The van der Waals surface area contributed by atoms with E-state index in [1.165, 1.54) is 11.8 Å². The van der Waals surface area contributed by atoms with Crippen molar-refractivity contribution in [2.75, 3.05) is 32.8 Å². The van der Waals surface area contributed by atoms with Crippen molar-refractivity contribution < 1.29 is 14.2 Å². The van der Waals surface area contributed by atoms with Crippen LogP contribution in [0, 0.1) is 0 Å². The first-order valence-corrected chi connectivity index (χ1v) is 7.64. The van der Waals surface area contributed by atoms with Crippen molar-refractivity contribution in [2.24, 2.45) is 0 Å². The van der Waals surface area contributed by atoms with Gasteiger partial charge >= 0.3 is 0 Å². The third kappa shape index (κ3) is 2.83. The van der Waals surface area contributed by atoms with Crippen LogP contribution in [0.15, 0.2) is 22.2 Å². The molecule has 126 valence electrons. The number of nitrogens with two attached hydrogens (primary N) is 2. The van der Waals surface area contributed by atoms with E-state index in [1.807, 2.05) is 12.1 Å². The first-order chi connectivity index (χ1) is 11.5. The van der Waals surface area contributed by atoms with E-state index in [0.717, 1.165) is 4.90 Å². The van der Waals surface area contributed by atoms with Crippen LogP contribution in [0.4, 0.5) is 11.8 Å². The van der Waals surface area contributed by atoms with Crippen LogP contribution >= 0.6 is 11.8 Å². The Hall–Kier alpha value is -2.88. The highest BCUT2D eigenvalue weighted by Gasteiger charge is 2.16. The maximum Gasteiger partial charge on any atom is 0.224 e. The van der Waals surface area contributed by atoms with Crippen LogP contribution < -0.4 is 25.7 Å². The highest BCUT2D eigenvalue weighted by Crippen LogP contribution is 2.42. The molecule has 0 atom stereocenters. The molecule has 2 heterocycles. The number of anilines is 2. The number of nitrogens with zero attached hydrogens (tertiary/aromatic N) is 3. The standard InChI is InChI=1S/C14H16N6O3S/c1-21-7-4-6(5-8(22-2)10(7)23-3)24-14-17-9-11(15)18-13(16)19-12(9)20-14/h4-5H,1-3H3,(H5,15,16,17,18,19,20). The fourth-order valence-corrected chi connectivity index (χ4v) is 3.03. The molecule has 0 bridgehead atoms. The first kappa shape index (κ1) is 16.0. The Balaban J connectivity index is 2.00. The fourth-order valence-electron chi connectivity index (χ4n) is 2.19. The van der Waals surface area contributed by atoms with Gasteiger partial charge in [0.1, 0.15) is 5.52 Å². The lowest BCUT2D eigenvalue weighted by Crippen LogP contribution is -1.99. The van der Waals surface area contributed by atoms with Gasteiger partial charge in [-0.2, -0.15) is 9.97 Å². The predicted molar refractivity (Wildman–Crippen MR) is 90.7 cm³/mol. The molecular formula is C14H16N6O3S. The summed E-state index contributed by atoms with van der Waals surface area (Å²) in [4.78, 5) is 16.2. The highest BCUT2D eigenvalue weighted by atomic mass is 32.2. The molecule has 2 aromatic heterocycles. The maximum absolute atomic E-state index is 5.82. The van der Waals surface area contributed by atoms with Crippen molar-refractivity contribution in [3.05, 3.63) is 12.1 Å². The largest absolute Gasteiger partial charge is 0.493 e. The van der Waals surface area contributed by atoms with E-state index in [9.17, 15) is 0 Å². The molecule has 0 fully saturated rings. The number of imidazole rings is 1. The number of ether oxygens (including phenoxy) is 3. The second kappa shape index (κ2) is 6.32. The van der Waals surface area contributed by atoms with Crippen molar-refractivity contribution in [3.63, 3.8) is 0 Å². The number of rotatable bonds is 5. The Bertz CT molecular complexity index is 873. The molecule has 9 nitrogen and oxygen atoms in total. The SMILES string of the molecule is COc1cc(Sc2nc3nc(N)nc(N)c3[nH]2)cc(OC)c1OC. The van der Waals surface area contributed by atoms with Gasteiger partial charge in [0, 0.05) is 4.90 Å². The minimum Gasteiger partial charge on any atom is -0.493 e. The Morgan fingerprint density at radius 2 is 1.62 bits per heavy atom. The van der Waals surface area contributed by atoms with Crippen molar-refractivity contribution in [3.8, 4) is 17.2 Å². The van der Waals surface area contributed by atoms with Crippen molar-refractivity contribution in [1.29, 1.82) is 0 Å². The summed E-state index contributed by atoms with van der Waals surface area (Å²) in [5, 5.41) is 0.589. The summed E-state index contributed by atoms with van der Waals surface area (Å²) < 4.78 is 16.0. The van der Waals surface area contributed by atoms with E-state index < -0.39 is 0 Å². The Labute approximate surface area is 141 Å². The molecule has 0 aliphatic heterocycles. The van der Waals surface area contributed by atoms with Crippen LogP contribution in [0.1, 0.15) is 0 Å². The van der Waals surface area contributed by atoms with E-state index in [0.29, 0.717) is 33.6 Å². The van der Waals surface area contributed by atoms with Crippen LogP contribution in [0.25, 0.3) is 11.2 Å². The fraction of sp³-hybridized carbons (Fsp3) is 0.214. The molecule has 5 N–H and O–H groups in total. The van der Waals surface area contributed by atoms with E-state index in [-0.39, 0.29) is 11.8 Å². The maximum atomic E-state index is 5.82. The van der Waals surface area contributed by atoms with Gasteiger partial charge < -0.3 is 30.7 Å². The average Bonchev–Trinajstić information content (AvgIpc) is 2.96. The molecule has 0 saturated heterocycles. The summed E-state index contributed by atoms with van der Waals surface area (Å²) in [5.74, 6) is 1.97. The van der Waals surface area contributed by atoms with E-state index in [1.54, 1.807) is 21.3 Å². The number of fused-ring (bicyclic) bond motifs is 1. The minimum atomic E-state index is 0.0795. The summed E-state index contributed by atoms with van der Waals surface area (Å²) in [6, 6.07) is 3.64. The lowest BCUT2D eigenvalue weighted by molar-refractivity contribution is 0.323. The molecule has 0 aliphatic carbocycles. The minimum absolute atomic E-state index is 0.0795. The molecule has 0 spiro atoms. The lowest BCUT2D eigenvalue weighted by Gasteiger charge is -2.13. The zero-order chi connectivity index (χ0) is 17.3. The number of hydrogen-bond donors (Lipinski definition) is 3. The van der Waals surface area contributed by atoms with Crippen LogP contribution in [-0.2, 0) is 0 Å². The summed E-state index contributed by atoms with van der Waals surface area (Å²) >= 11 is 1.36. The average molecular weight is 348 g/mol. The molecular weight excluding hydrogens is 332 g/mol. The van der Waals surface area contributed by atoms with E-state index in [4.69, 9.17) is 25.7 Å². The number of nitrogen functional groups attached to an aromatic ring is 2. The number of H-pyrrole nitrogens is 1. The molecule has 0 saturated carbocycles. The van der Waals surface area contributed by atoms with Crippen LogP contribution in [0.5, 0.6) is 17.2 Å². The molecule has 3 aromatic rings. The number of benzene rings is 1. The zero-order valence-electron chi connectivity index (χ0n) is 13.3. The van der Waals surface area contributed by atoms with Gasteiger partial charge in [-0.3, -0.25) is 0 Å². The van der Waals surface area contributed by atoms with Crippen LogP contribution in [0.3, 0.4) is 0 Å². The first-order valence-electron chi connectivity index (χ1n) is 6.82. The molecule has 1 aromatic carbocycles. The topological polar surface area (TPSA) is 134 Å².